The average Bonchev–Trinajstić information content (AvgIpc) is 2.99. The van der Waals surface area contributed by atoms with Crippen molar-refractivity contribution < 1.29 is 18.9 Å². The molecule has 0 aliphatic carbocycles. The van der Waals surface area contributed by atoms with Gasteiger partial charge in [0, 0.05) is 6.54 Å². The van der Waals surface area contributed by atoms with Crippen LogP contribution in [-0.4, -0.2) is 31.5 Å². The summed E-state index contributed by atoms with van der Waals surface area (Å²) in [5.74, 6) is 0. The lowest BCUT2D eigenvalue weighted by Crippen LogP contribution is -2.48. The molecule has 0 radical (unpaired) electrons. The van der Waals surface area contributed by atoms with Gasteiger partial charge in [0.15, 0.2) is 0 Å². The van der Waals surface area contributed by atoms with Crippen LogP contribution in [0.1, 0.15) is 22.3 Å². The molecule has 0 saturated heterocycles. The molecule has 3 atom stereocenters. The first-order valence-electron chi connectivity index (χ1n) is 13.1. The zero-order valence-corrected chi connectivity index (χ0v) is 21.7. The van der Waals surface area contributed by atoms with Crippen LogP contribution in [0.15, 0.2) is 121 Å². The number of ether oxygens (including phenoxy) is 4. The van der Waals surface area contributed by atoms with E-state index in [2.05, 4.69) is 12.1 Å². The third-order valence-electron chi connectivity index (χ3n) is 6.26. The van der Waals surface area contributed by atoms with Crippen LogP contribution in [0.25, 0.3) is 0 Å². The molecular weight excluding hydrogens is 474 g/mol. The monoisotopic (exact) mass is 511 g/mol. The van der Waals surface area contributed by atoms with E-state index in [0.29, 0.717) is 33.0 Å². The molecule has 198 valence electrons. The van der Waals surface area contributed by atoms with E-state index in [-0.39, 0.29) is 12.6 Å². The molecule has 4 rings (SSSR count). The minimum atomic E-state index is -0.441. The fourth-order valence-electron chi connectivity index (χ4n) is 4.18. The summed E-state index contributed by atoms with van der Waals surface area (Å²) in [5, 5.41) is 0. The van der Waals surface area contributed by atoms with Gasteiger partial charge in [-0.1, -0.05) is 121 Å². The summed E-state index contributed by atoms with van der Waals surface area (Å²) < 4.78 is 25.5. The summed E-state index contributed by atoms with van der Waals surface area (Å²) in [7, 11) is 0. The summed E-state index contributed by atoms with van der Waals surface area (Å²) in [5.41, 5.74) is 10.6. The fourth-order valence-corrected chi connectivity index (χ4v) is 4.18. The zero-order chi connectivity index (χ0) is 26.3. The third-order valence-corrected chi connectivity index (χ3v) is 6.26. The third kappa shape index (κ3) is 9.21. The highest BCUT2D eigenvalue weighted by Crippen LogP contribution is 2.19. The molecule has 0 aliphatic rings. The van der Waals surface area contributed by atoms with Gasteiger partial charge in [0.25, 0.3) is 0 Å². The van der Waals surface area contributed by atoms with E-state index in [0.717, 1.165) is 22.3 Å². The molecule has 0 unspecified atom stereocenters. The molecule has 0 saturated carbocycles. The Labute approximate surface area is 226 Å². The highest BCUT2D eigenvalue weighted by atomic mass is 16.6. The average molecular weight is 512 g/mol. The summed E-state index contributed by atoms with van der Waals surface area (Å²) >= 11 is 0. The minimum absolute atomic E-state index is 0.288. The van der Waals surface area contributed by atoms with Crippen molar-refractivity contribution in [1.29, 1.82) is 0 Å². The summed E-state index contributed by atoms with van der Waals surface area (Å²) in [6.45, 7) is 2.39. The zero-order valence-electron chi connectivity index (χ0n) is 21.7. The Morgan fingerprint density at radius 1 is 0.447 bits per heavy atom. The number of rotatable bonds is 16. The molecule has 0 heterocycles. The van der Waals surface area contributed by atoms with Crippen LogP contribution < -0.4 is 5.73 Å². The lowest BCUT2D eigenvalue weighted by atomic mass is 10.1. The van der Waals surface area contributed by atoms with Crippen molar-refractivity contribution in [3.8, 4) is 0 Å². The van der Waals surface area contributed by atoms with Crippen LogP contribution in [-0.2, 0) is 45.4 Å². The maximum Gasteiger partial charge on any atom is 0.114 e. The van der Waals surface area contributed by atoms with Crippen molar-refractivity contribution in [2.45, 2.75) is 44.7 Å². The van der Waals surface area contributed by atoms with Gasteiger partial charge in [0.2, 0.25) is 0 Å². The van der Waals surface area contributed by atoms with Crippen molar-refractivity contribution >= 4 is 0 Å². The predicted molar refractivity (Wildman–Crippen MR) is 150 cm³/mol. The minimum Gasteiger partial charge on any atom is -0.374 e. The highest BCUT2D eigenvalue weighted by molar-refractivity contribution is 5.16. The molecule has 2 N–H and O–H groups in total. The number of nitrogens with two attached hydrogens (primary N) is 1. The van der Waals surface area contributed by atoms with Crippen LogP contribution in [0, 0.1) is 0 Å². The van der Waals surface area contributed by atoms with Gasteiger partial charge in [-0.2, -0.15) is 0 Å². The van der Waals surface area contributed by atoms with Gasteiger partial charge in [-0.25, -0.2) is 0 Å². The van der Waals surface area contributed by atoms with Gasteiger partial charge in [0.1, 0.15) is 12.2 Å². The first-order chi connectivity index (χ1) is 18.8. The molecule has 4 aromatic carbocycles. The second-order valence-corrected chi connectivity index (χ2v) is 9.17. The van der Waals surface area contributed by atoms with E-state index in [9.17, 15) is 0 Å². The maximum absolute atomic E-state index is 6.51. The molecule has 4 aromatic rings. The Hall–Kier alpha value is -3.32. The largest absolute Gasteiger partial charge is 0.374 e. The van der Waals surface area contributed by atoms with Gasteiger partial charge in [0.05, 0.1) is 39.1 Å². The molecule has 0 spiro atoms. The molecule has 5 nitrogen and oxygen atoms in total. The van der Waals surface area contributed by atoms with E-state index < -0.39 is 12.2 Å². The molecule has 0 aliphatic heterocycles. The van der Waals surface area contributed by atoms with E-state index in [4.69, 9.17) is 24.7 Å². The van der Waals surface area contributed by atoms with E-state index >= 15 is 0 Å². The molecular formula is C33H37NO4. The first kappa shape index (κ1) is 27.7. The number of hydrogen-bond acceptors (Lipinski definition) is 5. The second kappa shape index (κ2) is 15.8. The lowest BCUT2D eigenvalue weighted by Gasteiger charge is -2.33. The Morgan fingerprint density at radius 3 is 1.24 bits per heavy atom. The van der Waals surface area contributed by atoms with Gasteiger partial charge in [-0.05, 0) is 22.3 Å². The van der Waals surface area contributed by atoms with Gasteiger partial charge >= 0.3 is 0 Å². The van der Waals surface area contributed by atoms with E-state index in [1.807, 2.05) is 109 Å². The molecule has 0 amide bonds. The maximum atomic E-state index is 6.51. The quantitative estimate of drug-likeness (QED) is 0.202. The molecule has 38 heavy (non-hydrogen) atoms. The van der Waals surface area contributed by atoms with E-state index in [1.165, 1.54) is 0 Å². The Morgan fingerprint density at radius 2 is 0.816 bits per heavy atom. The molecule has 0 fully saturated rings. The molecule has 0 bridgehead atoms. The normalized spacial score (nSPS) is 13.6. The van der Waals surface area contributed by atoms with Crippen molar-refractivity contribution in [1.82, 2.24) is 0 Å². The predicted octanol–water partition coefficient (Wildman–Crippen LogP) is 5.92. The smallest absolute Gasteiger partial charge is 0.114 e. The Balaban J connectivity index is 1.51. The van der Waals surface area contributed by atoms with Crippen molar-refractivity contribution in [2.75, 3.05) is 13.2 Å². The first-order valence-corrected chi connectivity index (χ1v) is 13.1. The molecule has 0 aromatic heterocycles. The Bertz CT molecular complexity index is 1140. The van der Waals surface area contributed by atoms with Crippen LogP contribution in [0.2, 0.25) is 0 Å². The molecule has 5 heteroatoms. The van der Waals surface area contributed by atoms with Gasteiger partial charge < -0.3 is 24.7 Å². The summed E-state index contributed by atoms with van der Waals surface area (Å²) in [4.78, 5) is 0. The topological polar surface area (TPSA) is 62.9 Å². The second-order valence-electron chi connectivity index (χ2n) is 9.17. The van der Waals surface area contributed by atoms with Crippen molar-refractivity contribution in [3.05, 3.63) is 144 Å². The number of hydrogen-bond donors (Lipinski definition) is 1. The van der Waals surface area contributed by atoms with Crippen molar-refractivity contribution in [3.63, 3.8) is 0 Å². The van der Waals surface area contributed by atoms with Gasteiger partial charge in [-0.15, -0.1) is 0 Å². The van der Waals surface area contributed by atoms with Crippen LogP contribution in [0.5, 0.6) is 0 Å². The SMILES string of the molecule is NC[C@H](OCc1ccccc1)[C@H](OCc1ccccc1)[C@@H](COCc1ccccc1)OCc1ccccc1. The van der Waals surface area contributed by atoms with Crippen LogP contribution in [0.4, 0.5) is 0 Å². The summed E-state index contributed by atoms with van der Waals surface area (Å²) in [6, 6.07) is 40.4. The number of benzene rings is 4. The van der Waals surface area contributed by atoms with Gasteiger partial charge in [-0.3, -0.25) is 0 Å². The van der Waals surface area contributed by atoms with E-state index in [1.54, 1.807) is 0 Å². The van der Waals surface area contributed by atoms with Crippen molar-refractivity contribution in [2.24, 2.45) is 5.73 Å². The fraction of sp³-hybridized carbons (Fsp3) is 0.273. The summed E-state index contributed by atoms with van der Waals surface area (Å²) in [6.07, 6.45) is -1.23. The Kier molecular flexibility index (Phi) is 11.5. The lowest BCUT2D eigenvalue weighted by molar-refractivity contribution is -0.165. The highest BCUT2D eigenvalue weighted by Gasteiger charge is 2.32. The van der Waals surface area contributed by atoms with Crippen LogP contribution >= 0.6 is 0 Å². The van der Waals surface area contributed by atoms with Crippen LogP contribution in [0.3, 0.4) is 0 Å². The standard InChI is InChI=1S/C33H37NO4/c34-21-31(36-23-28-15-7-2-8-16-28)33(38-25-30-19-11-4-12-20-30)32(37-24-29-17-9-3-10-18-29)26-35-22-27-13-5-1-6-14-27/h1-20,31-33H,21-26,34H2/t31-,32+,33-/m0/s1.